The number of fused-ring (bicyclic) bond motifs is 1. The summed E-state index contributed by atoms with van der Waals surface area (Å²) in [5, 5.41) is 6.20. The normalized spacial score (nSPS) is 11.3. The molecule has 0 atom stereocenters. The van der Waals surface area contributed by atoms with Crippen molar-refractivity contribution < 1.29 is 18.7 Å². The maximum absolute atomic E-state index is 13.8. The smallest absolute Gasteiger partial charge is 0.408 e. The SMILES string of the molecule is Cn1c(-c2ccc(F)cc2)c(-c2ccncc2)c2cc(-c3ccccc3)c(NC(=O)CNC(=O)OC(C)(C)C)nc21. The number of rotatable bonds is 6. The summed E-state index contributed by atoms with van der Waals surface area (Å²) in [6.45, 7) is 4.95. The zero-order valence-electron chi connectivity index (χ0n) is 23.2. The standard InChI is InChI=1S/C32H30FN5O3/c1-32(2,3)41-31(40)35-19-26(39)36-29-24(20-8-6-5-7-9-20)18-25-27(21-14-16-34-17-15-21)28(38(4)30(25)37-29)22-10-12-23(33)13-11-22/h5-18H,19H2,1-4H3,(H,35,40)(H,36,37,39). The number of ether oxygens (including phenoxy) is 1. The number of nitrogens with zero attached hydrogens (tertiary/aromatic N) is 3. The average molecular weight is 552 g/mol. The number of hydrogen-bond acceptors (Lipinski definition) is 5. The lowest BCUT2D eigenvalue weighted by Gasteiger charge is -2.19. The summed E-state index contributed by atoms with van der Waals surface area (Å²) in [4.78, 5) is 34.2. The van der Waals surface area contributed by atoms with Gasteiger partial charge in [-0.15, -0.1) is 0 Å². The number of anilines is 1. The first-order valence-electron chi connectivity index (χ1n) is 13.1. The van der Waals surface area contributed by atoms with E-state index in [1.807, 2.05) is 60.1 Å². The van der Waals surface area contributed by atoms with E-state index in [9.17, 15) is 14.0 Å². The molecular formula is C32H30FN5O3. The van der Waals surface area contributed by atoms with Gasteiger partial charge >= 0.3 is 6.09 Å². The van der Waals surface area contributed by atoms with Gasteiger partial charge in [0.05, 0.1) is 5.69 Å². The van der Waals surface area contributed by atoms with Gasteiger partial charge in [-0.05, 0) is 79.9 Å². The molecule has 208 valence electrons. The molecule has 0 aliphatic rings. The summed E-state index contributed by atoms with van der Waals surface area (Å²) in [6, 6.07) is 21.8. The van der Waals surface area contributed by atoms with Crippen LogP contribution in [0.2, 0.25) is 0 Å². The lowest BCUT2D eigenvalue weighted by molar-refractivity contribution is -0.115. The Labute approximate surface area is 237 Å². The van der Waals surface area contributed by atoms with E-state index >= 15 is 0 Å². The molecule has 3 heterocycles. The topological polar surface area (TPSA) is 98.1 Å². The van der Waals surface area contributed by atoms with Gasteiger partial charge < -0.3 is 19.9 Å². The maximum Gasteiger partial charge on any atom is 0.408 e. The molecule has 0 bridgehead atoms. The Morgan fingerprint density at radius 3 is 2.27 bits per heavy atom. The monoisotopic (exact) mass is 551 g/mol. The van der Waals surface area contributed by atoms with Crippen molar-refractivity contribution in [3.05, 3.63) is 91.0 Å². The first-order valence-corrected chi connectivity index (χ1v) is 13.1. The molecule has 0 unspecified atom stereocenters. The van der Waals surface area contributed by atoms with E-state index < -0.39 is 17.6 Å². The number of aryl methyl sites for hydroxylation is 1. The van der Waals surface area contributed by atoms with Crippen LogP contribution in [0, 0.1) is 5.82 Å². The van der Waals surface area contributed by atoms with Crippen LogP contribution in [-0.4, -0.2) is 38.7 Å². The van der Waals surface area contributed by atoms with Crippen molar-refractivity contribution in [1.82, 2.24) is 19.9 Å². The molecule has 41 heavy (non-hydrogen) atoms. The van der Waals surface area contributed by atoms with Crippen LogP contribution < -0.4 is 10.6 Å². The lowest BCUT2D eigenvalue weighted by Crippen LogP contribution is -2.37. The number of amides is 2. The molecule has 0 aliphatic carbocycles. The minimum Gasteiger partial charge on any atom is -0.444 e. The van der Waals surface area contributed by atoms with Crippen LogP contribution in [-0.2, 0) is 16.6 Å². The van der Waals surface area contributed by atoms with E-state index in [1.165, 1.54) is 12.1 Å². The maximum atomic E-state index is 13.8. The van der Waals surface area contributed by atoms with Crippen molar-refractivity contribution in [2.45, 2.75) is 26.4 Å². The van der Waals surface area contributed by atoms with E-state index in [0.717, 1.165) is 33.3 Å². The first kappa shape index (κ1) is 27.5. The van der Waals surface area contributed by atoms with Gasteiger partial charge in [0.25, 0.3) is 0 Å². The first-order chi connectivity index (χ1) is 19.6. The number of alkyl carbamates (subject to hydrolysis) is 1. The van der Waals surface area contributed by atoms with Crippen LogP contribution in [0.3, 0.4) is 0 Å². The summed E-state index contributed by atoms with van der Waals surface area (Å²) >= 11 is 0. The van der Waals surface area contributed by atoms with E-state index in [4.69, 9.17) is 9.72 Å². The Morgan fingerprint density at radius 2 is 1.61 bits per heavy atom. The molecule has 3 aromatic heterocycles. The van der Waals surface area contributed by atoms with Crippen LogP contribution in [0.4, 0.5) is 15.0 Å². The fourth-order valence-corrected chi connectivity index (χ4v) is 4.68. The van der Waals surface area contributed by atoms with E-state index in [-0.39, 0.29) is 12.4 Å². The summed E-state index contributed by atoms with van der Waals surface area (Å²) in [7, 11) is 1.89. The fraction of sp³-hybridized carbons (Fsp3) is 0.188. The molecule has 0 saturated carbocycles. The zero-order chi connectivity index (χ0) is 29.1. The second kappa shape index (κ2) is 11.2. The second-order valence-corrected chi connectivity index (χ2v) is 10.6. The number of aromatic nitrogens is 3. The van der Waals surface area contributed by atoms with Crippen LogP contribution in [0.15, 0.2) is 85.2 Å². The molecular weight excluding hydrogens is 521 g/mol. The largest absolute Gasteiger partial charge is 0.444 e. The van der Waals surface area contributed by atoms with Gasteiger partial charge in [-0.25, -0.2) is 14.2 Å². The Kier molecular flexibility index (Phi) is 7.52. The minimum absolute atomic E-state index is 0.293. The highest BCUT2D eigenvalue weighted by Crippen LogP contribution is 2.42. The number of halogens is 1. The number of carbonyl (C=O) groups excluding carboxylic acids is 2. The highest BCUT2D eigenvalue weighted by atomic mass is 19.1. The number of carbonyl (C=O) groups is 2. The predicted molar refractivity (Wildman–Crippen MR) is 158 cm³/mol. The number of nitrogens with one attached hydrogen (secondary N) is 2. The number of hydrogen-bond donors (Lipinski definition) is 2. The van der Waals surface area contributed by atoms with E-state index in [2.05, 4.69) is 15.6 Å². The van der Waals surface area contributed by atoms with Gasteiger partial charge in [-0.1, -0.05) is 30.3 Å². The zero-order valence-corrected chi connectivity index (χ0v) is 23.2. The third kappa shape index (κ3) is 6.09. The molecule has 5 aromatic rings. The highest BCUT2D eigenvalue weighted by Gasteiger charge is 2.23. The Morgan fingerprint density at radius 1 is 0.927 bits per heavy atom. The van der Waals surface area contributed by atoms with E-state index in [1.54, 1.807) is 45.3 Å². The third-order valence-electron chi connectivity index (χ3n) is 6.38. The van der Waals surface area contributed by atoms with Crippen molar-refractivity contribution in [3.63, 3.8) is 0 Å². The van der Waals surface area contributed by atoms with Gasteiger partial charge in [0.2, 0.25) is 5.91 Å². The van der Waals surface area contributed by atoms with Crippen LogP contribution >= 0.6 is 0 Å². The molecule has 9 heteroatoms. The van der Waals surface area contributed by atoms with Crippen LogP contribution in [0.1, 0.15) is 20.8 Å². The molecule has 0 saturated heterocycles. The molecule has 8 nitrogen and oxygen atoms in total. The van der Waals surface area contributed by atoms with Crippen molar-refractivity contribution >= 4 is 28.9 Å². The van der Waals surface area contributed by atoms with Crippen molar-refractivity contribution in [3.8, 4) is 33.5 Å². The summed E-state index contributed by atoms with van der Waals surface area (Å²) < 4.78 is 21.0. The quantitative estimate of drug-likeness (QED) is 0.249. The summed E-state index contributed by atoms with van der Waals surface area (Å²) in [5.74, 6) is -0.443. The molecule has 0 radical (unpaired) electrons. The van der Waals surface area contributed by atoms with Gasteiger partial charge in [0.15, 0.2) is 0 Å². The minimum atomic E-state index is -0.687. The second-order valence-electron chi connectivity index (χ2n) is 10.6. The van der Waals surface area contributed by atoms with Gasteiger partial charge in [0, 0.05) is 36.0 Å². The van der Waals surface area contributed by atoms with Gasteiger partial charge in [0.1, 0.15) is 29.4 Å². The predicted octanol–water partition coefficient (Wildman–Crippen LogP) is 6.57. The van der Waals surface area contributed by atoms with Crippen molar-refractivity contribution in [2.75, 3.05) is 11.9 Å². The molecule has 2 N–H and O–H groups in total. The molecule has 2 amide bonds. The van der Waals surface area contributed by atoms with Crippen LogP contribution in [0.5, 0.6) is 0 Å². The van der Waals surface area contributed by atoms with Crippen molar-refractivity contribution in [2.24, 2.45) is 7.05 Å². The number of benzene rings is 2. The van der Waals surface area contributed by atoms with Crippen LogP contribution in [0.25, 0.3) is 44.5 Å². The lowest BCUT2D eigenvalue weighted by atomic mass is 9.97. The van der Waals surface area contributed by atoms with E-state index in [0.29, 0.717) is 17.0 Å². The third-order valence-corrected chi connectivity index (χ3v) is 6.38. The summed E-state index contributed by atoms with van der Waals surface area (Å²) in [6.07, 6.45) is 2.76. The Bertz CT molecular complexity index is 1710. The van der Waals surface area contributed by atoms with Gasteiger partial charge in [-0.3, -0.25) is 9.78 Å². The summed E-state index contributed by atoms with van der Waals surface area (Å²) in [5.41, 5.74) is 4.97. The van der Waals surface area contributed by atoms with Crippen molar-refractivity contribution in [1.29, 1.82) is 0 Å². The Hall–Kier alpha value is -5.05. The molecule has 5 rings (SSSR count). The Balaban J connectivity index is 1.64. The number of pyridine rings is 2. The highest BCUT2D eigenvalue weighted by molar-refractivity contribution is 6.07. The molecule has 0 fully saturated rings. The molecule has 0 aliphatic heterocycles. The fourth-order valence-electron chi connectivity index (χ4n) is 4.68. The molecule has 2 aromatic carbocycles. The average Bonchev–Trinajstić information content (AvgIpc) is 3.23. The van der Waals surface area contributed by atoms with Gasteiger partial charge in [-0.2, -0.15) is 0 Å². The molecule has 0 spiro atoms.